The van der Waals surface area contributed by atoms with Gasteiger partial charge >= 0.3 is 6.01 Å². The fourth-order valence-corrected chi connectivity index (χ4v) is 2.30. The lowest BCUT2D eigenvalue weighted by atomic mass is 10.1. The van der Waals surface area contributed by atoms with Gasteiger partial charge in [-0.05, 0) is 19.4 Å². The van der Waals surface area contributed by atoms with E-state index in [1.54, 1.807) is 7.11 Å². The SMILES string of the molecule is COCCN1CCCC(Nc2nc(C(C)C)no2)C1. The highest BCUT2D eigenvalue weighted by atomic mass is 16.5. The van der Waals surface area contributed by atoms with Crippen LogP contribution in [0.3, 0.4) is 0 Å². The Balaban J connectivity index is 1.84. The summed E-state index contributed by atoms with van der Waals surface area (Å²) in [5.41, 5.74) is 0. The molecule has 2 heterocycles. The number of aromatic nitrogens is 2. The molecular weight excluding hydrogens is 244 g/mol. The van der Waals surface area contributed by atoms with Gasteiger partial charge in [0.2, 0.25) is 0 Å². The van der Waals surface area contributed by atoms with Gasteiger partial charge in [0, 0.05) is 32.2 Å². The second-order valence-corrected chi connectivity index (χ2v) is 5.39. The number of nitrogens with zero attached hydrogens (tertiary/aromatic N) is 3. The molecule has 1 saturated heterocycles. The summed E-state index contributed by atoms with van der Waals surface area (Å²) in [6.07, 6.45) is 2.33. The molecule has 1 aliphatic rings. The topological polar surface area (TPSA) is 63.4 Å². The molecule has 0 amide bonds. The van der Waals surface area contributed by atoms with Gasteiger partial charge in [-0.1, -0.05) is 19.0 Å². The maximum absolute atomic E-state index is 5.23. The van der Waals surface area contributed by atoms with Crippen molar-refractivity contribution in [2.24, 2.45) is 0 Å². The predicted octanol–water partition coefficient (Wildman–Crippen LogP) is 1.72. The summed E-state index contributed by atoms with van der Waals surface area (Å²) in [6, 6.07) is 0.924. The largest absolute Gasteiger partial charge is 0.383 e. The van der Waals surface area contributed by atoms with Crippen LogP contribution in [-0.2, 0) is 4.74 Å². The van der Waals surface area contributed by atoms with Crippen LogP contribution in [0.25, 0.3) is 0 Å². The van der Waals surface area contributed by atoms with Crippen molar-refractivity contribution in [3.63, 3.8) is 0 Å². The third-order valence-electron chi connectivity index (χ3n) is 3.40. The Hall–Kier alpha value is -1.14. The average molecular weight is 268 g/mol. The molecule has 0 saturated carbocycles. The summed E-state index contributed by atoms with van der Waals surface area (Å²) < 4.78 is 10.4. The minimum Gasteiger partial charge on any atom is -0.383 e. The molecule has 1 aliphatic heterocycles. The first-order chi connectivity index (χ1) is 9.19. The van der Waals surface area contributed by atoms with Gasteiger partial charge in [0.1, 0.15) is 0 Å². The molecule has 19 heavy (non-hydrogen) atoms. The van der Waals surface area contributed by atoms with Crippen LogP contribution in [-0.4, -0.2) is 54.4 Å². The molecule has 6 nitrogen and oxygen atoms in total. The predicted molar refractivity (Wildman–Crippen MR) is 73.3 cm³/mol. The maximum atomic E-state index is 5.23. The zero-order valence-corrected chi connectivity index (χ0v) is 12.1. The zero-order valence-electron chi connectivity index (χ0n) is 12.1. The lowest BCUT2D eigenvalue weighted by molar-refractivity contribution is 0.131. The first kappa shape index (κ1) is 14.3. The molecule has 0 aromatic carbocycles. The van der Waals surface area contributed by atoms with E-state index in [-0.39, 0.29) is 0 Å². The van der Waals surface area contributed by atoms with Gasteiger partial charge in [0.05, 0.1) is 6.61 Å². The van der Waals surface area contributed by atoms with Crippen molar-refractivity contribution < 1.29 is 9.26 Å². The number of ether oxygens (including phenoxy) is 1. The van der Waals surface area contributed by atoms with Crippen molar-refractivity contribution >= 4 is 6.01 Å². The Morgan fingerprint density at radius 3 is 3.05 bits per heavy atom. The molecule has 0 aliphatic carbocycles. The summed E-state index contributed by atoms with van der Waals surface area (Å²) in [5, 5.41) is 7.31. The molecule has 0 spiro atoms. The van der Waals surface area contributed by atoms with Gasteiger partial charge in [-0.3, -0.25) is 4.90 Å². The summed E-state index contributed by atoms with van der Waals surface area (Å²) in [7, 11) is 1.74. The quantitative estimate of drug-likeness (QED) is 0.847. The van der Waals surface area contributed by atoms with Crippen LogP contribution < -0.4 is 5.32 Å². The van der Waals surface area contributed by atoms with Crippen LogP contribution in [0.5, 0.6) is 0 Å². The fourth-order valence-electron chi connectivity index (χ4n) is 2.30. The number of methoxy groups -OCH3 is 1. The van der Waals surface area contributed by atoms with Crippen LogP contribution in [0.2, 0.25) is 0 Å². The molecule has 0 radical (unpaired) electrons. The highest BCUT2D eigenvalue weighted by Gasteiger charge is 2.21. The molecular formula is C13H24N4O2. The van der Waals surface area contributed by atoms with Gasteiger partial charge in [-0.25, -0.2) is 0 Å². The average Bonchev–Trinajstić information content (AvgIpc) is 2.85. The Bertz CT molecular complexity index is 380. The highest BCUT2D eigenvalue weighted by Crippen LogP contribution is 2.17. The van der Waals surface area contributed by atoms with Gasteiger partial charge < -0.3 is 14.6 Å². The Kier molecular flexibility index (Phi) is 5.15. The highest BCUT2D eigenvalue weighted by molar-refractivity contribution is 5.21. The summed E-state index contributed by atoms with van der Waals surface area (Å²) >= 11 is 0. The third-order valence-corrected chi connectivity index (χ3v) is 3.40. The summed E-state index contributed by atoms with van der Waals surface area (Å²) in [6.45, 7) is 8.02. The minimum absolute atomic E-state index is 0.295. The van der Waals surface area contributed by atoms with Crippen molar-refractivity contribution in [3.05, 3.63) is 5.82 Å². The van der Waals surface area contributed by atoms with Crippen LogP contribution in [0, 0.1) is 0 Å². The van der Waals surface area contributed by atoms with Gasteiger partial charge in [0.25, 0.3) is 0 Å². The number of rotatable bonds is 6. The smallest absolute Gasteiger partial charge is 0.321 e. The second-order valence-electron chi connectivity index (χ2n) is 5.39. The number of nitrogens with one attached hydrogen (secondary N) is 1. The van der Waals surface area contributed by atoms with E-state index in [0.29, 0.717) is 18.0 Å². The normalized spacial score (nSPS) is 20.9. The first-order valence-corrected chi connectivity index (χ1v) is 7.00. The second kappa shape index (κ2) is 6.86. The number of hydrogen-bond donors (Lipinski definition) is 1. The molecule has 1 unspecified atom stereocenters. The van der Waals surface area contributed by atoms with Crippen molar-refractivity contribution in [2.45, 2.75) is 38.6 Å². The maximum Gasteiger partial charge on any atom is 0.321 e. The number of anilines is 1. The van der Waals surface area contributed by atoms with E-state index in [1.807, 2.05) is 0 Å². The van der Waals surface area contributed by atoms with Gasteiger partial charge in [0.15, 0.2) is 5.82 Å². The van der Waals surface area contributed by atoms with E-state index in [9.17, 15) is 0 Å². The lowest BCUT2D eigenvalue weighted by Gasteiger charge is -2.32. The van der Waals surface area contributed by atoms with Crippen molar-refractivity contribution in [1.82, 2.24) is 15.0 Å². The lowest BCUT2D eigenvalue weighted by Crippen LogP contribution is -2.43. The van der Waals surface area contributed by atoms with E-state index < -0.39 is 0 Å². The Morgan fingerprint density at radius 1 is 1.53 bits per heavy atom. The van der Waals surface area contributed by atoms with E-state index in [1.165, 1.54) is 6.42 Å². The standard InChI is InChI=1S/C13H24N4O2/c1-10(2)12-15-13(19-16-12)14-11-5-4-6-17(9-11)7-8-18-3/h10-11H,4-9H2,1-3H3,(H,14,15,16). The molecule has 108 valence electrons. The van der Waals surface area contributed by atoms with E-state index in [0.717, 1.165) is 38.5 Å². The van der Waals surface area contributed by atoms with Crippen LogP contribution in [0.15, 0.2) is 4.52 Å². The van der Waals surface area contributed by atoms with Crippen molar-refractivity contribution in [1.29, 1.82) is 0 Å². The van der Waals surface area contributed by atoms with E-state index in [2.05, 4.69) is 34.2 Å². The molecule has 1 N–H and O–H groups in total. The van der Waals surface area contributed by atoms with Crippen LogP contribution >= 0.6 is 0 Å². The summed E-state index contributed by atoms with van der Waals surface area (Å²) in [4.78, 5) is 6.77. The van der Waals surface area contributed by atoms with Crippen LogP contribution in [0.4, 0.5) is 6.01 Å². The van der Waals surface area contributed by atoms with Crippen molar-refractivity contribution in [2.75, 3.05) is 38.7 Å². The monoisotopic (exact) mass is 268 g/mol. The van der Waals surface area contributed by atoms with Gasteiger partial charge in [-0.15, -0.1) is 0 Å². The number of hydrogen-bond acceptors (Lipinski definition) is 6. The Labute approximate surface area is 114 Å². The van der Waals surface area contributed by atoms with E-state index >= 15 is 0 Å². The molecule has 0 bridgehead atoms. The van der Waals surface area contributed by atoms with E-state index in [4.69, 9.17) is 9.26 Å². The minimum atomic E-state index is 0.295. The zero-order chi connectivity index (χ0) is 13.7. The molecule has 6 heteroatoms. The first-order valence-electron chi connectivity index (χ1n) is 7.00. The molecule has 1 fully saturated rings. The third kappa shape index (κ3) is 4.18. The fraction of sp³-hybridized carbons (Fsp3) is 0.846. The number of likely N-dealkylation sites (tertiary alicyclic amines) is 1. The molecule has 1 aromatic heterocycles. The molecule has 1 aromatic rings. The van der Waals surface area contributed by atoms with Crippen LogP contribution in [0.1, 0.15) is 38.4 Å². The van der Waals surface area contributed by atoms with Crippen molar-refractivity contribution in [3.8, 4) is 0 Å². The summed E-state index contributed by atoms with van der Waals surface area (Å²) in [5.74, 6) is 1.05. The molecule has 1 atom stereocenters. The van der Waals surface area contributed by atoms with Gasteiger partial charge in [-0.2, -0.15) is 4.98 Å². The number of piperidine rings is 1. The Morgan fingerprint density at radius 2 is 2.37 bits per heavy atom. The molecule has 2 rings (SSSR count).